The number of rotatable bonds is 3. The Bertz CT molecular complexity index is 444. The van der Waals surface area contributed by atoms with Crippen molar-refractivity contribution in [3.05, 3.63) is 28.8 Å². The van der Waals surface area contributed by atoms with E-state index in [4.69, 9.17) is 0 Å². The van der Waals surface area contributed by atoms with Crippen LogP contribution in [0.15, 0.2) is 22.9 Å². The van der Waals surface area contributed by atoms with Crippen molar-refractivity contribution in [2.75, 3.05) is 7.05 Å². The standard InChI is InChI=1S/C10H13BrN4/c1-12-6-8-14-9(10(11)15(8)2)7-4-3-5-13-7/h3-5,12-13H,6H2,1-2H3. The van der Waals surface area contributed by atoms with Gasteiger partial charge in [0, 0.05) is 13.2 Å². The zero-order valence-corrected chi connectivity index (χ0v) is 10.3. The molecule has 4 nitrogen and oxygen atoms in total. The van der Waals surface area contributed by atoms with E-state index in [2.05, 4.69) is 31.2 Å². The molecule has 2 aromatic heterocycles. The lowest BCUT2D eigenvalue weighted by Crippen LogP contribution is -2.10. The number of hydrogen-bond acceptors (Lipinski definition) is 2. The minimum atomic E-state index is 0.760. The molecule has 0 aliphatic heterocycles. The maximum atomic E-state index is 4.56. The maximum absolute atomic E-state index is 4.56. The van der Waals surface area contributed by atoms with Crippen LogP contribution in [0.5, 0.6) is 0 Å². The molecular weight excluding hydrogens is 256 g/mol. The summed E-state index contributed by atoms with van der Waals surface area (Å²) in [6.07, 6.45) is 1.90. The van der Waals surface area contributed by atoms with Crippen LogP contribution < -0.4 is 5.32 Å². The summed E-state index contributed by atoms with van der Waals surface area (Å²) in [6, 6.07) is 3.98. The monoisotopic (exact) mass is 268 g/mol. The molecule has 0 aliphatic rings. The van der Waals surface area contributed by atoms with Crippen LogP contribution in [0.4, 0.5) is 0 Å². The molecule has 0 aromatic carbocycles. The molecule has 0 radical (unpaired) electrons. The molecule has 0 aliphatic carbocycles. The number of aromatic nitrogens is 3. The molecule has 2 N–H and O–H groups in total. The lowest BCUT2D eigenvalue weighted by atomic mass is 10.3. The van der Waals surface area contributed by atoms with Gasteiger partial charge in [-0.15, -0.1) is 0 Å². The third kappa shape index (κ3) is 1.85. The van der Waals surface area contributed by atoms with Crippen molar-refractivity contribution >= 4 is 15.9 Å². The Balaban J connectivity index is 2.45. The molecule has 0 atom stereocenters. The van der Waals surface area contributed by atoms with Gasteiger partial charge in [0.15, 0.2) is 0 Å². The maximum Gasteiger partial charge on any atom is 0.124 e. The molecule has 0 fully saturated rings. The Labute approximate surface area is 96.8 Å². The van der Waals surface area contributed by atoms with E-state index in [-0.39, 0.29) is 0 Å². The van der Waals surface area contributed by atoms with Crippen molar-refractivity contribution in [1.29, 1.82) is 0 Å². The highest BCUT2D eigenvalue weighted by molar-refractivity contribution is 9.10. The normalized spacial score (nSPS) is 10.9. The topological polar surface area (TPSA) is 45.6 Å². The number of nitrogens with zero attached hydrogens (tertiary/aromatic N) is 2. The van der Waals surface area contributed by atoms with Crippen molar-refractivity contribution in [3.63, 3.8) is 0 Å². The third-order valence-corrected chi connectivity index (χ3v) is 3.21. The van der Waals surface area contributed by atoms with Crippen LogP contribution in [0.2, 0.25) is 0 Å². The van der Waals surface area contributed by atoms with Gasteiger partial charge < -0.3 is 14.9 Å². The largest absolute Gasteiger partial charge is 0.360 e. The summed E-state index contributed by atoms with van der Waals surface area (Å²) >= 11 is 3.55. The van der Waals surface area contributed by atoms with Crippen LogP contribution in [0.1, 0.15) is 5.82 Å². The molecule has 5 heteroatoms. The lowest BCUT2D eigenvalue weighted by Gasteiger charge is -1.99. The second-order valence-electron chi connectivity index (χ2n) is 3.34. The zero-order valence-electron chi connectivity index (χ0n) is 8.71. The van der Waals surface area contributed by atoms with Gasteiger partial charge in [0.1, 0.15) is 16.1 Å². The molecule has 2 heterocycles. The van der Waals surface area contributed by atoms with Crippen LogP contribution in [-0.4, -0.2) is 21.6 Å². The number of H-pyrrole nitrogens is 1. The van der Waals surface area contributed by atoms with Gasteiger partial charge in [-0.05, 0) is 35.1 Å². The van der Waals surface area contributed by atoms with Crippen molar-refractivity contribution in [3.8, 4) is 11.4 Å². The summed E-state index contributed by atoms with van der Waals surface area (Å²) in [5.41, 5.74) is 1.98. The SMILES string of the molecule is CNCc1nc(-c2ccc[nH]2)c(Br)n1C. The second kappa shape index (κ2) is 4.20. The minimum absolute atomic E-state index is 0.760. The highest BCUT2D eigenvalue weighted by Gasteiger charge is 2.13. The van der Waals surface area contributed by atoms with E-state index in [0.717, 1.165) is 28.4 Å². The van der Waals surface area contributed by atoms with Crippen molar-refractivity contribution in [1.82, 2.24) is 19.9 Å². The van der Waals surface area contributed by atoms with Crippen LogP contribution >= 0.6 is 15.9 Å². The van der Waals surface area contributed by atoms with Gasteiger partial charge in [0.2, 0.25) is 0 Å². The van der Waals surface area contributed by atoms with E-state index in [1.165, 1.54) is 0 Å². The Kier molecular flexibility index (Phi) is 2.93. The Morgan fingerprint density at radius 1 is 1.60 bits per heavy atom. The second-order valence-corrected chi connectivity index (χ2v) is 4.09. The fraction of sp³-hybridized carbons (Fsp3) is 0.300. The van der Waals surface area contributed by atoms with Gasteiger partial charge in [0.25, 0.3) is 0 Å². The van der Waals surface area contributed by atoms with Gasteiger partial charge in [-0.2, -0.15) is 0 Å². The van der Waals surface area contributed by atoms with Gasteiger partial charge >= 0.3 is 0 Å². The van der Waals surface area contributed by atoms with E-state index in [1.807, 2.05) is 37.0 Å². The molecule has 0 amide bonds. The van der Waals surface area contributed by atoms with Gasteiger partial charge in [-0.25, -0.2) is 4.98 Å². The Morgan fingerprint density at radius 3 is 3.00 bits per heavy atom. The van der Waals surface area contributed by atoms with E-state index >= 15 is 0 Å². The number of halogens is 1. The van der Waals surface area contributed by atoms with E-state index < -0.39 is 0 Å². The predicted octanol–water partition coefficient (Wildman–Crippen LogP) is 1.90. The van der Waals surface area contributed by atoms with Gasteiger partial charge in [-0.3, -0.25) is 0 Å². The fourth-order valence-corrected chi connectivity index (χ4v) is 1.99. The number of imidazole rings is 1. The smallest absolute Gasteiger partial charge is 0.124 e. The van der Waals surface area contributed by atoms with Crippen molar-refractivity contribution in [2.45, 2.75) is 6.54 Å². The number of aromatic amines is 1. The lowest BCUT2D eigenvalue weighted by molar-refractivity contribution is 0.704. The summed E-state index contributed by atoms with van der Waals surface area (Å²) < 4.78 is 3.03. The van der Waals surface area contributed by atoms with Crippen molar-refractivity contribution in [2.24, 2.45) is 7.05 Å². The van der Waals surface area contributed by atoms with Crippen LogP contribution in [0.3, 0.4) is 0 Å². The van der Waals surface area contributed by atoms with Gasteiger partial charge in [-0.1, -0.05) is 0 Å². The van der Waals surface area contributed by atoms with Gasteiger partial charge in [0.05, 0.1) is 12.2 Å². The van der Waals surface area contributed by atoms with Crippen LogP contribution in [0.25, 0.3) is 11.4 Å². The number of nitrogens with one attached hydrogen (secondary N) is 2. The van der Waals surface area contributed by atoms with E-state index in [0.29, 0.717) is 0 Å². The molecule has 0 unspecified atom stereocenters. The van der Waals surface area contributed by atoms with Crippen LogP contribution in [0, 0.1) is 0 Å². The molecular formula is C10H13BrN4. The minimum Gasteiger partial charge on any atom is -0.360 e. The molecule has 0 saturated carbocycles. The molecule has 0 saturated heterocycles. The van der Waals surface area contributed by atoms with E-state index in [9.17, 15) is 0 Å². The summed E-state index contributed by atoms with van der Waals surface area (Å²) in [5, 5.41) is 3.10. The first kappa shape index (κ1) is 10.4. The molecule has 80 valence electrons. The fourth-order valence-electron chi connectivity index (χ4n) is 1.49. The molecule has 0 spiro atoms. The van der Waals surface area contributed by atoms with Crippen molar-refractivity contribution < 1.29 is 0 Å². The van der Waals surface area contributed by atoms with Crippen LogP contribution in [-0.2, 0) is 13.6 Å². The molecule has 15 heavy (non-hydrogen) atoms. The first-order valence-corrected chi connectivity index (χ1v) is 5.52. The average Bonchev–Trinajstić information content (AvgIpc) is 2.82. The molecule has 0 bridgehead atoms. The van der Waals surface area contributed by atoms with E-state index in [1.54, 1.807) is 0 Å². The summed E-state index contributed by atoms with van der Waals surface area (Å²) in [4.78, 5) is 7.71. The zero-order chi connectivity index (χ0) is 10.8. The first-order chi connectivity index (χ1) is 7.24. The third-order valence-electron chi connectivity index (χ3n) is 2.31. The Morgan fingerprint density at radius 2 is 2.40 bits per heavy atom. The summed E-state index contributed by atoms with van der Waals surface area (Å²) in [7, 11) is 3.91. The first-order valence-electron chi connectivity index (χ1n) is 4.73. The summed E-state index contributed by atoms with van der Waals surface area (Å²) in [5.74, 6) is 1.01. The highest BCUT2D eigenvalue weighted by atomic mass is 79.9. The predicted molar refractivity (Wildman–Crippen MR) is 63.5 cm³/mol. The summed E-state index contributed by atoms with van der Waals surface area (Å²) in [6.45, 7) is 0.760. The highest BCUT2D eigenvalue weighted by Crippen LogP contribution is 2.26. The quantitative estimate of drug-likeness (QED) is 0.893. The molecule has 2 rings (SSSR count). The molecule has 2 aromatic rings. The average molecular weight is 269 g/mol. The Hall–Kier alpha value is -1.07. The number of hydrogen-bond donors (Lipinski definition) is 2.